The highest BCUT2D eigenvalue weighted by molar-refractivity contribution is 5.18. The molecule has 0 saturated carbocycles. The first-order valence-electron chi connectivity index (χ1n) is 5.31. The van der Waals surface area contributed by atoms with E-state index in [-0.39, 0.29) is 0 Å². The van der Waals surface area contributed by atoms with Gasteiger partial charge in [0, 0.05) is 13.2 Å². The molecule has 1 aliphatic heterocycles. The summed E-state index contributed by atoms with van der Waals surface area (Å²) in [6.07, 6.45) is 4.96. The third-order valence-electron chi connectivity index (χ3n) is 2.55. The van der Waals surface area contributed by atoms with Gasteiger partial charge in [0.1, 0.15) is 6.07 Å². The summed E-state index contributed by atoms with van der Waals surface area (Å²) in [5.41, 5.74) is 0.304. The molecule has 0 bridgehead atoms. The highest BCUT2D eigenvalue weighted by Gasteiger charge is 2.14. The molecule has 84 valence electrons. The molecular weight excluding hydrogens is 206 g/mol. The fraction of sp³-hybridized carbons (Fsp3) is 0.545. The van der Waals surface area contributed by atoms with Gasteiger partial charge in [-0.1, -0.05) is 0 Å². The molecule has 0 spiro atoms. The minimum Gasteiger partial charge on any atom is -0.476 e. The Morgan fingerprint density at radius 1 is 1.38 bits per heavy atom. The van der Waals surface area contributed by atoms with Crippen LogP contribution in [-0.4, -0.2) is 29.8 Å². The minimum absolute atomic E-state index is 0.304. The Labute approximate surface area is 94.0 Å². The van der Waals surface area contributed by atoms with Gasteiger partial charge in [-0.25, -0.2) is 9.97 Å². The van der Waals surface area contributed by atoms with Crippen LogP contribution in [0.5, 0.6) is 5.88 Å². The lowest BCUT2D eigenvalue weighted by molar-refractivity contribution is 0.0490. The molecule has 5 nitrogen and oxygen atoms in total. The van der Waals surface area contributed by atoms with Gasteiger partial charge in [-0.15, -0.1) is 0 Å². The predicted octanol–water partition coefficient (Wildman–Crippen LogP) is 1.15. The van der Waals surface area contributed by atoms with Crippen molar-refractivity contribution >= 4 is 0 Å². The van der Waals surface area contributed by atoms with E-state index in [2.05, 4.69) is 9.97 Å². The maximum absolute atomic E-state index is 8.56. The molecule has 16 heavy (non-hydrogen) atoms. The fourth-order valence-electron chi connectivity index (χ4n) is 1.56. The normalized spacial score (nSPS) is 16.7. The highest BCUT2D eigenvalue weighted by atomic mass is 16.5. The smallest absolute Gasteiger partial charge is 0.232 e. The second kappa shape index (κ2) is 5.42. The first-order chi connectivity index (χ1) is 7.88. The van der Waals surface area contributed by atoms with Crippen molar-refractivity contribution in [2.24, 2.45) is 5.92 Å². The van der Waals surface area contributed by atoms with Crippen LogP contribution in [0.4, 0.5) is 0 Å². The van der Waals surface area contributed by atoms with Crippen LogP contribution < -0.4 is 4.74 Å². The van der Waals surface area contributed by atoms with Crippen LogP contribution in [0.25, 0.3) is 0 Å². The summed E-state index contributed by atoms with van der Waals surface area (Å²) in [6.45, 7) is 2.27. The zero-order valence-corrected chi connectivity index (χ0v) is 8.93. The minimum atomic E-state index is 0.304. The molecule has 0 unspecified atom stereocenters. The van der Waals surface area contributed by atoms with Crippen molar-refractivity contribution in [3.8, 4) is 11.9 Å². The summed E-state index contributed by atoms with van der Waals surface area (Å²) in [7, 11) is 0. The Morgan fingerprint density at radius 3 is 2.81 bits per heavy atom. The molecular formula is C11H13N3O2. The van der Waals surface area contributed by atoms with E-state index >= 15 is 0 Å². The van der Waals surface area contributed by atoms with E-state index in [1.807, 2.05) is 6.07 Å². The molecule has 1 aliphatic rings. The molecule has 1 fully saturated rings. The van der Waals surface area contributed by atoms with E-state index in [1.165, 1.54) is 12.4 Å². The van der Waals surface area contributed by atoms with E-state index in [4.69, 9.17) is 14.7 Å². The van der Waals surface area contributed by atoms with Crippen molar-refractivity contribution in [2.75, 3.05) is 19.8 Å². The second-order valence-corrected chi connectivity index (χ2v) is 3.72. The van der Waals surface area contributed by atoms with Crippen LogP contribution in [0.3, 0.4) is 0 Å². The van der Waals surface area contributed by atoms with Crippen LogP contribution in [0.2, 0.25) is 0 Å². The SMILES string of the molecule is N#Cc1cnc(OCC2CCOCC2)cn1. The zero-order valence-electron chi connectivity index (χ0n) is 8.93. The Hall–Kier alpha value is -1.67. The van der Waals surface area contributed by atoms with Gasteiger partial charge < -0.3 is 9.47 Å². The van der Waals surface area contributed by atoms with Gasteiger partial charge in [-0.2, -0.15) is 5.26 Å². The number of ether oxygens (including phenoxy) is 2. The first kappa shape index (κ1) is 10.8. The van der Waals surface area contributed by atoms with Gasteiger partial charge in [0.05, 0.1) is 19.0 Å². The lowest BCUT2D eigenvalue weighted by Crippen LogP contribution is -2.21. The Kier molecular flexibility index (Phi) is 3.67. The largest absolute Gasteiger partial charge is 0.476 e. The molecule has 2 heterocycles. The van der Waals surface area contributed by atoms with Crippen LogP contribution in [0, 0.1) is 17.2 Å². The topological polar surface area (TPSA) is 68.0 Å². The quantitative estimate of drug-likeness (QED) is 0.762. The molecule has 0 amide bonds. The Bertz CT molecular complexity index is 366. The van der Waals surface area contributed by atoms with Crippen molar-refractivity contribution in [3.05, 3.63) is 18.1 Å². The number of hydrogen-bond donors (Lipinski definition) is 0. The number of hydrogen-bond acceptors (Lipinski definition) is 5. The fourth-order valence-corrected chi connectivity index (χ4v) is 1.56. The summed E-state index contributed by atoms with van der Waals surface area (Å²) in [4.78, 5) is 7.88. The van der Waals surface area contributed by atoms with Gasteiger partial charge in [0.15, 0.2) is 5.69 Å². The van der Waals surface area contributed by atoms with Crippen LogP contribution in [-0.2, 0) is 4.74 Å². The standard InChI is InChI=1S/C11H13N3O2/c12-5-10-6-14-11(7-13-10)16-8-9-1-3-15-4-2-9/h6-7,9H,1-4,8H2. The lowest BCUT2D eigenvalue weighted by atomic mass is 10.0. The van der Waals surface area contributed by atoms with Crippen LogP contribution >= 0.6 is 0 Å². The molecule has 0 radical (unpaired) electrons. The van der Waals surface area contributed by atoms with Crippen LogP contribution in [0.15, 0.2) is 12.4 Å². The lowest BCUT2D eigenvalue weighted by Gasteiger charge is -2.21. The van der Waals surface area contributed by atoms with Crippen molar-refractivity contribution < 1.29 is 9.47 Å². The number of nitrogens with zero attached hydrogens (tertiary/aromatic N) is 3. The Morgan fingerprint density at radius 2 is 2.19 bits per heavy atom. The van der Waals surface area contributed by atoms with E-state index in [0.717, 1.165) is 26.1 Å². The third kappa shape index (κ3) is 2.91. The monoisotopic (exact) mass is 219 g/mol. The average molecular weight is 219 g/mol. The van der Waals surface area contributed by atoms with Gasteiger partial charge in [-0.3, -0.25) is 0 Å². The molecule has 1 aromatic rings. The van der Waals surface area contributed by atoms with Gasteiger partial charge in [-0.05, 0) is 18.8 Å². The van der Waals surface area contributed by atoms with E-state index in [9.17, 15) is 0 Å². The molecule has 1 aromatic heterocycles. The summed E-state index contributed by atoms with van der Waals surface area (Å²) in [5, 5.41) is 8.56. The van der Waals surface area contributed by atoms with E-state index < -0.39 is 0 Å². The van der Waals surface area contributed by atoms with Crippen molar-refractivity contribution in [1.29, 1.82) is 5.26 Å². The third-order valence-corrected chi connectivity index (χ3v) is 2.55. The average Bonchev–Trinajstić information content (AvgIpc) is 2.38. The maximum Gasteiger partial charge on any atom is 0.232 e. The zero-order chi connectivity index (χ0) is 11.2. The Balaban J connectivity index is 1.82. The molecule has 0 aliphatic carbocycles. The summed E-state index contributed by atoms with van der Waals surface area (Å²) in [5.74, 6) is 1.01. The van der Waals surface area contributed by atoms with E-state index in [0.29, 0.717) is 24.1 Å². The second-order valence-electron chi connectivity index (χ2n) is 3.72. The molecule has 0 N–H and O–H groups in total. The van der Waals surface area contributed by atoms with Gasteiger partial charge in [0.25, 0.3) is 0 Å². The van der Waals surface area contributed by atoms with Gasteiger partial charge >= 0.3 is 0 Å². The summed E-state index contributed by atoms with van der Waals surface area (Å²) >= 11 is 0. The summed E-state index contributed by atoms with van der Waals surface area (Å²) < 4.78 is 10.8. The van der Waals surface area contributed by atoms with E-state index in [1.54, 1.807) is 0 Å². The maximum atomic E-state index is 8.56. The first-order valence-corrected chi connectivity index (χ1v) is 5.31. The molecule has 1 saturated heterocycles. The number of rotatable bonds is 3. The molecule has 0 aromatic carbocycles. The predicted molar refractivity (Wildman–Crippen MR) is 55.8 cm³/mol. The highest BCUT2D eigenvalue weighted by Crippen LogP contribution is 2.16. The van der Waals surface area contributed by atoms with Crippen molar-refractivity contribution in [1.82, 2.24) is 9.97 Å². The molecule has 5 heteroatoms. The molecule has 0 atom stereocenters. The number of aromatic nitrogens is 2. The number of nitriles is 1. The van der Waals surface area contributed by atoms with Crippen LogP contribution in [0.1, 0.15) is 18.5 Å². The van der Waals surface area contributed by atoms with Crippen molar-refractivity contribution in [2.45, 2.75) is 12.8 Å². The molecule has 2 rings (SSSR count). The van der Waals surface area contributed by atoms with Gasteiger partial charge in [0.2, 0.25) is 5.88 Å². The van der Waals surface area contributed by atoms with Crippen molar-refractivity contribution in [3.63, 3.8) is 0 Å². The summed E-state index contributed by atoms with van der Waals surface area (Å²) in [6, 6.07) is 1.91.